The van der Waals surface area contributed by atoms with Crippen molar-refractivity contribution in [1.29, 1.82) is 0 Å². The van der Waals surface area contributed by atoms with Gasteiger partial charge in [0.15, 0.2) is 0 Å². The monoisotopic (exact) mass is 430 g/mol. The largest absolute Gasteiger partial charge is 0.343 e. The molecule has 7 nitrogen and oxygen atoms in total. The summed E-state index contributed by atoms with van der Waals surface area (Å²) in [7, 11) is 0. The van der Waals surface area contributed by atoms with Crippen LogP contribution in [0.3, 0.4) is 0 Å². The number of rotatable bonds is 5. The first-order valence-corrected chi connectivity index (χ1v) is 9.29. The van der Waals surface area contributed by atoms with Crippen molar-refractivity contribution in [2.45, 2.75) is 6.92 Å². The summed E-state index contributed by atoms with van der Waals surface area (Å²) in [4.78, 5) is 42.9. The predicted molar refractivity (Wildman–Crippen MR) is 112 cm³/mol. The Morgan fingerprint density at radius 2 is 1.86 bits per heavy atom. The Morgan fingerprint density at radius 1 is 1.07 bits per heavy atom. The zero-order chi connectivity index (χ0) is 21.0. The van der Waals surface area contributed by atoms with Gasteiger partial charge in [-0.3, -0.25) is 14.4 Å². The molecule has 0 aliphatic rings. The Hall–Kier alpha value is -3.16. The molecular weight excluding hydrogens is 415 g/mol. The lowest BCUT2D eigenvalue weighted by atomic mass is 10.2. The van der Waals surface area contributed by atoms with Crippen LogP contribution < -0.4 is 16.2 Å². The number of anilines is 1. The van der Waals surface area contributed by atoms with Gasteiger partial charge in [-0.2, -0.15) is 0 Å². The lowest BCUT2D eigenvalue weighted by Crippen LogP contribution is -2.32. The maximum atomic E-state index is 12.2. The van der Waals surface area contributed by atoms with E-state index in [-0.39, 0.29) is 17.1 Å². The normalized spacial score (nSPS) is 10.4. The first kappa shape index (κ1) is 20.6. The van der Waals surface area contributed by atoms with Crippen LogP contribution in [0.4, 0.5) is 5.69 Å². The Balaban J connectivity index is 1.64. The molecule has 0 aliphatic carbocycles. The molecule has 29 heavy (non-hydrogen) atoms. The summed E-state index contributed by atoms with van der Waals surface area (Å²) in [6.07, 6.45) is 0. The van der Waals surface area contributed by atoms with Gasteiger partial charge in [0, 0.05) is 28.6 Å². The Bertz CT molecular complexity index is 1140. The maximum absolute atomic E-state index is 12.2. The van der Waals surface area contributed by atoms with Crippen LogP contribution in [-0.2, 0) is 4.79 Å². The number of amides is 2. The number of carbonyl (C=O) groups excluding carboxylic acids is 2. The average Bonchev–Trinajstić information content (AvgIpc) is 2.67. The van der Waals surface area contributed by atoms with Gasteiger partial charge < -0.3 is 15.6 Å². The molecule has 0 spiro atoms. The molecule has 148 valence electrons. The van der Waals surface area contributed by atoms with Crippen LogP contribution in [0.2, 0.25) is 10.0 Å². The van der Waals surface area contributed by atoms with Crippen molar-refractivity contribution < 1.29 is 9.59 Å². The number of halogens is 2. The lowest BCUT2D eigenvalue weighted by molar-refractivity contribution is -0.115. The molecule has 0 bridgehead atoms. The van der Waals surface area contributed by atoms with Gasteiger partial charge in [0.2, 0.25) is 5.91 Å². The molecule has 0 saturated heterocycles. The molecule has 0 radical (unpaired) electrons. The maximum Gasteiger partial charge on any atom is 0.251 e. The molecule has 9 heteroatoms. The van der Waals surface area contributed by atoms with E-state index in [9.17, 15) is 14.4 Å². The smallest absolute Gasteiger partial charge is 0.251 e. The van der Waals surface area contributed by atoms with Gasteiger partial charge >= 0.3 is 0 Å². The van der Waals surface area contributed by atoms with Gasteiger partial charge in [-0.25, -0.2) is 4.98 Å². The van der Waals surface area contributed by atoms with Crippen molar-refractivity contribution in [3.63, 3.8) is 0 Å². The summed E-state index contributed by atoms with van der Waals surface area (Å²) < 4.78 is 0. The predicted octanol–water partition coefficient (Wildman–Crippen LogP) is 3.42. The van der Waals surface area contributed by atoms with E-state index in [0.717, 1.165) is 0 Å². The Morgan fingerprint density at radius 3 is 2.59 bits per heavy atom. The van der Waals surface area contributed by atoms with Crippen LogP contribution in [0, 0.1) is 6.92 Å². The van der Waals surface area contributed by atoms with E-state index in [4.69, 9.17) is 23.2 Å². The minimum atomic E-state index is -0.450. The summed E-state index contributed by atoms with van der Waals surface area (Å²) >= 11 is 11.7. The number of nitrogens with one attached hydrogen (secondary N) is 3. The fraction of sp³-hybridized carbons (Fsp3) is 0.100. The van der Waals surface area contributed by atoms with Gasteiger partial charge in [0.25, 0.3) is 11.5 Å². The number of aromatic nitrogens is 2. The third kappa shape index (κ3) is 5.43. The third-order valence-corrected chi connectivity index (χ3v) is 4.62. The number of hydrogen-bond donors (Lipinski definition) is 3. The van der Waals surface area contributed by atoms with E-state index in [1.165, 1.54) is 24.3 Å². The van der Waals surface area contributed by atoms with Gasteiger partial charge in [0.05, 0.1) is 16.6 Å². The van der Waals surface area contributed by atoms with Gasteiger partial charge in [-0.15, -0.1) is 0 Å². The number of aryl methyl sites for hydroxylation is 1. The molecule has 0 fully saturated rings. The molecule has 2 aromatic carbocycles. The number of carbonyl (C=O) groups is 2. The standard InChI is InChI=1S/C20H16Cl2N4O3/c1-11-7-17(27)26-19(24-11)12-3-2-4-14(8-12)25-18(28)10-23-20(29)13-5-6-15(21)16(22)9-13/h2-9H,10H2,1H3,(H,23,29)(H,25,28)(H,24,26,27). The summed E-state index contributed by atoms with van der Waals surface area (Å²) in [6, 6.07) is 12.7. The third-order valence-electron chi connectivity index (χ3n) is 3.88. The second-order valence-electron chi connectivity index (χ2n) is 6.18. The first-order chi connectivity index (χ1) is 13.8. The second kappa shape index (κ2) is 8.89. The quantitative estimate of drug-likeness (QED) is 0.576. The fourth-order valence-corrected chi connectivity index (χ4v) is 2.86. The highest BCUT2D eigenvalue weighted by molar-refractivity contribution is 6.42. The summed E-state index contributed by atoms with van der Waals surface area (Å²) in [5.41, 5.74) is 1.77. The second-order valence-corrected chi connectivity index (χ2v) is 6.99. The van der Waals surface area contributed by atoms with Gasteiger partial charge in [-0.1, -0.05) is 35.3 Å². The van der Waals surface area contributed by atoms with Crippen LogP contribution in [0.5, 0.6) is 0 Å². The fourth-order valence-electron chi connectivity index (χ4n) is 2.57. The van der Waals surface area contributed by atoms with Gasteiger partial charge in [-0.05, 0) is 37.3 Å². The molecule has 3 N–H and O–H groups in total. The highest BCUT2D eigenvalue weighted by Crippen LogP contribution is 2.22. The highest BCUT2D eigenvalue weighted by Gasteiger charge is 2.11. The molecule has 0 saturated carbocycles. The number of hydrogen-bond acceptors (Lipinski definition) is 4. The molecule has 3 aromatic rings. The molecule has 1 aromatic heterocycles. The van der Waals surface area contributed by atoms with Crippen molar-refractivity contribution in [3.8, 4) is 11.4 Å². The Kier molecular flexibility index (Phi) is 6.31. The zero-order valence-electron chi connectivity index (χ0n) is 15.3. The molecule has 0 aliphatic heterocycles. The minimum Gasteiger partial charge on any atom is -0.343 e. The summed E-state index contributed by atoms with van der Waals surface area (Å²) in [6.45, 7) is 1.49. The van der Waals surface area contributed by atoms with E-state index < -0.39 is 11.8 Å². The zero-order valence-corrected chi connectivity index (χ0v) is 16.8. The molecular formula is C20H16Cl2N4O3. The number of benzene rings is 2. The van der Waals surface area contributed by atoms with Crippen LogP contribution in [0.1, 0.15) is 16.1 Å². The Labute approximate surface area is 176 Å². The topological polar surface area (TPSA) is 104 Å². The summed E-state index contributed by atoms with van der Waals surface area (Å²) in [5.74, 6) is -0.464. The number of nitrogens with zero attached hydrogens (tertiary/aromatic N) is 1. The molecule has 0 atom stereocenters. The van der Waals surface area contributed by atoms with E-state index in [1.807, 2.05) is 0 Å². The van der Waals surface area contributed by atoms with E-state index in [0.29, 0.717) is 33.4 Å². The van der Waals surface area contributed by atoms with Crippen molar-refractivity contribution in [3.05, 3.63) is 80.2 Å². The van der Waals surface area contributed by atoms with Crippen LogP contribution in [0.25, 0.3) is 11.4 Å². The van der Waals surface area contributed by atoms with Gasteiger partial charge in [0.1, 0.15) is 5.82 Å². The van der Waals surface area contributed by atoms with E-state index in [2.05, 4.69) is 20.6 Å². The average molecular weight is 431 g/mol. The van der Waals surface area contributed by atoms with E-state index >= 15 is 0 Å². The highest BCUT2D eigenvalue weighted by atomic mass is 35.5. The van der Waals surface area contributed by atoms with Crippen LogP contribution in [-0.4, -0.2) is 28.3 Å². The molecule has 2 amide bonds. The molecule has 3 rings (SSSR count). The summed E-state index contributed by atoms with van der Waals surface area (Å²) in [5, 5.41) is 5.79. The SMILES string of the molecule is Cc1cc(=O)[nH]c(-c2cccc(NC(=O)CNC(=O)c3ccc(Cl)c(Cl)c3)c2)n1. The van der Waals surface area contributed by atoms with Crippen molar-refractivity contribution in [1.82, 2.24) is 15.3 Å². The first-order valence-electron chi connectivity index (χ1n) is 8.53. The van der Waals surface area contributed by atoms with Crippen molar-refractivity contribution in [2.24, 2.45) is 0 Å². The molecule has 1 heterocycles. The van der Waals surface area contributed by atoms with Crippen molar-refractivity contribution in [2.75, 3.05) is 11.9 Å². The van der Waals surface area contributed by atoms with Crippen LogP contribution >= 0.6 is 23.2 Å². The number of H-pyrrole nitrogens is 1. The van der Waals surface area contributed by atoms with Crippen molar-refractivity contribution >= 4 is 40.7 Å². The lowest BCUT2D eigenvalue weighted by Gasteiger charge is -2.09. The minimum absolute atomic E-state index is 0.233. The van der Waals surface area contributed by atoms with E-state index in [1.54, 1.807) is 31.2 Å². The molecule has 0 unspecified atom stereocenters. The number of aromatic amines is 1. The van der Waals surface area contributed by atoms with Crippen LogP contribution in [0.15, 0.2) is 53.3 Å².